The Hall–Kier alpha value is -2.41. The lowest BCUT2D eigenvalue weighted by atomic mass is 10.2. The first-order chi connectivity index (χ1) is 12.5. The summed E-state index contributed by atoms with van der Waals surface area (Å²) in [5.74, 6) is -0.541. The monoisotopic (exact) mass is 393 g/mol. The molecular formula is C18H14Cl2FN3O2. The molecule has 1 amide bonds. The molecule has 0 aliphatic carbocycles. The molecule has 1 atom stereocenters. The van der Waals surface area contributed by atoms with Crippen molar-refractivity contribution in [3.8, 4) is 0 Å². The number of rotatable bonds is 6. The van der Waals surface area contributed by atoms with Gasteiger partial charge >= 0.3 is 0 Å². The molecule has 1 unspecified atom stereocenters. The van der Waals surface area contributed by atoms with E-state index < -0.39 is 12.3 Å². The van der Waals surface area contributed by atoms with Gasteiger partial charge in [0.1, 0.15) is 5.69 Å². The summed E-state index contributed by atoms with van der Waals surface area (Å²) in [4.78, 5) is 16.6. The Balaban J connectivity index is 1.59. The van der Waals surface area contributed by atoms with Crippen molar-refractivity contribution >= 4 is 29.1 Å². The molecule has 3 rings (SSSR count). The number of carbonyl (C=O) groups excluding carboxylic acids is 1. The topological polar surface area (TPSA) is 56.1 Å². The molecule has 26 heavy (non-hydrogen) atoms. The number of hydrogen-bond donors (Lipinski definition) is 1. The fraction of sp³-hybridized carbons (Fsp3) is 0.111. The third-order valence-electron chi connectivity index (χ3n) is 3.53. The number of benzene rings is 2. The van der Waals surface area contributed by atoms with E-state index in [4.69, 9.17) is 28.0 Å². The van der Waals surface area contributed by atoms with Gasteiger partial charge in [-0.25, -0.2) is 14.7 Å². The number of alkyl halides is 1. The van der Waals surface area contributed by atoms with Crippen LogP contribution in [0.2, 0.25) is 10.0 Å². The van der Waals surface area contributed by atoms with Crippen molar-refractivity contribution in [2.24, 2.45) is 0 Å². The molecule has 0 aliphatic heterocycles. The zero-order chi connectivity index (χ0) is 18.5. The second-order valence-electron chi connectivity index (χ2n) is 5.41. The van der Waals surface area contributed by atoms with Crippen LogP contribution < -0.4 is 5.48 Å². The molecule has 0 saturated carbocycles. The van der Waals surface area contributed by atoms with Crippen LogP contribution in [0, 0.1) is 0 Å². The molecule has 1 N–H and O–H groups in total. The highest BCUT2D eigenvalue weighted by Crippen LogP contribution is 2.22. The second-order valence-corrected chi connectivity index (χ2v) is 6.25. The van der Waals surface area contributed by atoms with E-state index in [1.165, 1.54) is 10.7 Å². The Morgan fingerprint density at radius 2 is 1.96 bits per heavy atom. The van der Waals surface area contributed by atoms with Crippen molar-refractivity contribution in [2.45, 2.75) is 12.9 Å². The minimum atomic E-state index is -1.90. The standard InChI is InChI=1S/C18H14Cl2FN3O2/c19-14-7-6-13(15(20)10-14)11-24-9-8-16(22-24)17(21)26-23-18(25)12-4-2-1-3-5-12/h1-10,17H,11H2,(H,23,25). The zero-order valence-electron chi connectivity index (χ0n) is 13.4. The van der Waals surface area contributed by atoms with E-state index in [1.54, 1.807) is 54.7 Å². The van der Waals surface area contributed by atoms with Gasteiger partial charge < -0.3 is 0 Å². The fourth-order valence-electron chi connectivity index (χ4n) is 2.23. The van der Waals surface area contributed by atoms with Crippen LogP contribution >= 0.6 is 23.2 Å². The molecule has 1 aromatic heterocycles. The third kappa shape index (κ3) is 4.60. The molecule has 1 heterocycles. The van der Waals surface area contributed by atoms with Crippen LogP contribution in [0.5, 0.6) is 0 Å². The van der Waals surface area contributed by atoms with Crippen LogP contribution in [0.15, 0.2) is 60.8 Å². The summed E-state index contributed by atoms with van der Waals surface area (Å²) in [5.41, 5.74) is 3.26. The number of amides is 1. The Morgan fingerprint density at radius 3 is 2.69 bits per heavy atom. The lowest BCUT2D eigenvalue weighted by Gasteiger charge is -2.09. The van der Waals surface area contributed by atoms with Crippen molar-refractivity contribution in [1.29, 1.82) is 0 Å². The van der Waals surface area contributed by atoms with Crippen molar-refractivity contribution in [2.75, 3.05) is 0 Å². The highest BCUT2D eigenvalue weighted by Gasteiger charge is 2.16. The lowest BCUT2D eigenvalue weighted by molar-refractivity contribution is -0.0894. The second kappa shape index (κ2) is 8.31. The first-order valence-corrected chi connectivity index (χ1v) is 8.41. The van der Waals surface area contributed by atoms with Gasteiger partial charge in [-0.15, -0.1) is 0 Å². The van der Waals surface area contributed by atoms with E-state index in [0.717, 1.165) is 5.56 Å². The van der Waals surface area contributed by atoms with E-state index >= 15 is 0 Å². The number of hydroxylamine groups is 1. The number of carbonyl (C=O) groups is 1. The average Bonchev–Trinajstić information content (AvgIpc) is 3.11. The van der Waals surface area contributed by atoms with E-state index in [-0.39, 0.29) is 5.69 Å². The summed E-state index contributed by atoms with van der Waals surface area (Å²) in [6, 6.07) is 14.9. The number of halogens is 3. The Bertz CT molecular complexity index is 902. The molecule has 0 saturated heterocycles. The largest absolute Gasteiger partial charge is 0.274 e. The van der Waals surface area contributed by atoms with Crippen molar-refractivity contribution in [3.63, 3.8) is 0 Å². The SMILES string of the molecule is O=C(NOC(F)c1ccn(Cc2ccc(Cl)cc2Cl)n1)c1ccccc1. The van der Waals surface area contributed by atoms with Gasteiger partial charge in [0, 0.05) is 21.8 Å². The quantitative estimate of drug-likeness (QED) is 0.624. The molecule has 0 radical (unpaired) electrons. The van der Waals surface area contributed by atoms with Crippen LogP contribution in [0.1, 0.15) is 28.0 Å². The molecule has 0 bridgehead atoms. The lowest BCUT2D eigenvalue weighted by Crippen LogP contribution is -2.25. The maximum Gasteiger partial charge on any atom is 0.274 e. The highest BCUT2D eigenvalue weighted by atomic mass is 35.5. The smallest absolute Gasteiger partial charge is 0.268 e. The molecular weight excluding hydrogens is 380 g/mol. The van der Waals surface area contributed by atoms with E-state index in [0.29, 0.717) is 22.2 Å². The number of aromatic nitrogens is 2. The number of nitrogens with zero attached hydrogens (tertiary/aromatic N) is 2. The Morgan fingerprint density at radius 1 is 1.19 bits per heavy atom. The van der Waals surface area contributed by atoms with Gasteiger partial charge in [-0.1, -0.05) is 47.5 Å². The Kier molecular flexibility index (Phi) is 5.88. The molecule has 0 spiro atoms. The summed E-state index contributed by atoms with van der Waals surface area (Å²) in [6.07, 6.45) is -0.306. The molecule has 2 aromatic carbocycles. The first kappa shape index (κ1) is 18.4. The summed E-state index contributed by atoms with van der Waals surface area (Å²) in [6.45, 7) is 0.346. The van der Waals surface area contributed by atoms with E-state index in [9.17, 15) is 9.18 Å². The van der Waals surface area contributed by atoms with Gasteiger partial charge in [0.05, 0.1) is 6.54 Å². The number of hydrogen-bond acceptors (Lipinski definition) is 3. The highest BCUT2D eigenvalue weighted by molar-refractivity contribution is 6.35. The molecule has 3 aromatic rings. The van der Waals surface area contributed by atoms with Crippen LogP contribution in [0.3, 0.4) is 0 Å². The van der Waals surface area contributed by atoms with Gasteiger partial charge in [0.25, 0.3) is 12.3 Å². The summed E-state index contributed by atoms with van der Waals surface area (Å²) in [7, 11) is 0. The molecule has 0 fully saturated rings. The van der Waals surface area contributed by atoms with Crippen molar-refractivity contribution in [3.05, 3.63) is 87.7 Å². The first-order valence-electron chi connectivity index (χ1n) is 7.65. The van der Waals surface area contributed by atoms with Crippen molar-refractivity contribution < 1.29 is 14.0 Å². The number of nitrogens with one attached hydrogen (secondary N) is 1. The summed E-state index contributed by atoms with van der Waals surface area (Å²) in [5, 5.41) is 5.12. The van der Waals surface area contributed by atoms with Crippen LogP contribution in [0.25, 0.3) is 0 Å². The maximum absolute atomic E-state index is 14.1. The van der Waals surface area contributed by atoms with Gasteiger partial charge in [0.15, 0.2) is 0 Å². The summed E-state index contributed by atoms with van der Waals surface area (Å²) < 4.78 is 15.7. The predicted molar refractivity (Wildman–Crippen MR) is 96.6 cm³/mol. The predicted octanol–water partition coefficient (Wildman–Crippen LogP) is 4.57. The molecule has 0 aliphatic rings. The maximum atomic E-state index is 14.1. The van der Waals surface area contributed by atoms with Gasteiger partial charge in [-0.3, -0.25) is 9.48 Å². The van der Waals surface area contributed by atoms with Crippen LogP contribution in [0.4, 0.5) is 4.39 Å². The van der Waals surface area contributed by atoms with Gasteiger partial charge in [-0.05, 0) is 35.9 Å². The normalized spacial score (nSPS) is 12.0. The summed E-state index contributed by atoms with van der Waals surface area (Å²) >= 11 is 12.0. The Labute approximate surface area is 159 Å². The van der Waals surface area contributed by atoms with Gasteiger partial charge in [0.2, 0.25) is 0 Å². The third-order valence-corrected chi connectivity index (χ3v) is 4.12. The average molecular weight is 394 g/mol. The molecule has 134 valence electrons. The minimum Gasteiger partial charge on any atom is -0.268 e. The fourth-order valence-corrected chi connectivity index (χ4v) is 2.69. The zero-order valence-corrected chi connectivity index (χ0v) is 14.9. The molecule has 8 heteroatoms. The minimum absolute atomic E-state index is 0.0310. The van der Waals surface area contributed by atoms with Crippen LogP contribution in [-0.2, 0) is 11.4 Å². The molecule has 5 nitrogen and oxygen atoms in total. The van der Waals surface area contributed by atoms with E-state index in [2.05, 4.69) is 10.6 Å². The van der Waals surface area contributed by atoms with Crippen LogP contribution in [-0.4, -0.2) is 15.7 Å². The van der Waals surface area contributed by atoms with Crippen molar-refractivity contribution in [1.82, 2.24) is 15.3 Å². The van der Waals surface area contributed by atoms with Gasteiger partial charge in [-0.2, -0.15) is 5.10 Å². The van der Waals surface area contributed by atoms with E-state index in [1.807, 2.05) is 0 Å².